The van der Waals surface area contributed by atoms with Gasteiger partial charge in [-0.15, -0.1) is 0 Å². The van der Waals surface area contributed by atoms with Gasteiger partial charge in [-0.3, -0.25) is 10.1 Å². The van der Waals surface area contributed by atoms with E-state index in [2.05, 4.69) is 0 Å². The number of rotatable bonds is 7. The monoisotopic (exact) mass is 253 g/mol. The fourth-order valence-corrected chi connectivity index (χ4v) is 1.55. The van der Waals surface area contributed by atoms with E-state index in [1.807, 2.05) is 0 Å². The number of ether oxygens (including phenoxy) is 2. The number of hydrogen-bond donors (Lipinski definition) is 1. The topological polar surface area (TPSA) is 81.8 Å². The molecule has 0 atom stereocenters. The van der Waals surface area contributed by atoms with Crippen LogP contribution in [0.5, 0.6) is 5.75 Å². The van der Waals surface area contributed by atoms with Crippen LogP contribution in [-0.4, -0.2) is 23.4 Å². The summed E-state index contributed by atoms with van der Waals surface area (Å²) in [7, 11) is 0. The Kier molecular flexibility index (Phi) is 4.11. The van der Waals surface area contributed by atoms with Gasteiger partial charge in [0.05, 0.1) is 18.1 Å². The molecular weight excluding hydrogens is 238 g/mol. The third-order valence-corrected chi connectivity index (χ3v) is 2.77. The van der Waals surface area contributed by atoms with E-state index in [0.29, 0.717) is 23.8 Å². The minimum absolute atomic E-state index is 0.0645. The van der Waals surface area contributed by atoms with E-state index in [1.54, 1.807) is 0 Å². The van der Waals surface area contributed by atoms with Crippen molar-refractivity contribution >= 4 is 5.69 Å². The van der Waals surface area contributed by atoms with Gasteiger partial charge in [0.1, 0.15) is 5.75 Å². The van der Waals surface area contributed by atoms with E-state index < -0.39 is 4.92 Å². The Hall–Kier alpha value is -1.66. The van der Waals surface area contributed by atoms with Crippen molar-refractivity contribution < 1.29 is 19.5 Å². The normalized spacial score (nSPS) is 14.5. The molecule has 2 rings (SSSR count). The lowest BCUT2D eigenvalue weighted by Crippen LogP contribution is -2.06. The van der Waals surface area contributed by atoms with Crippen LogP contribution >= 0.6 is 0 Å². The molecule has 0 aliphatic heterocycles. The Morgan fingerprint density at radius 1 is 1.44 bits per heavy atom. The van der Waals surface area contributed by atoms with Crippen molar-refractivity contribution in [3.63, 3.8) is 0 Å². The van der Waals surface area contributed by atoms with Crippen molar-refractivity contribution in [1.82, 2.24) is 0 Å². The van der Waals surface area contributed by atoms with Crippen molar-refractivity contribution in [2.24, 2.45) is 5.92 Å². The average molecular weight is 253 g/mol. The first-order valence-corrected chi connectivity index (χ1v) is 5.79. The van der Waals surface area contributed by atoms with Gasteiger partial charge in [0.2, 0.25) is 0 Å². The fraction of sp³-hybridized carbons (Fsp3) is 0.500. The van der Waals surface area contributed by atoms with Gasteiger partial charge < -0.3 is 14.6 Å². The highest BCUT2D eigenvalue weighted by molar-refractivity contribution is 5.43. The Balaban J connectivity index is 1.91. The highest BCUT2D eigenvalue weighted by Gasteiger charge is 2.21. The molecule has 0 radical (unpaired) electrons. The zero-order valence-corrected chi connectivity index (χ0v) is 9.87. The van der Waals surface area contributed by atoms with Crippen LogP contribution in [0.2, 0.25) is 0 Å². The maximum Gasteiger partial charge on any atom is 0.270 e. The standard InChI is InChI=1S/C12H15NO5/c14-6-10-5-11(13(15)16)3-4-12(10)18-8-17-7-9-1-2-9/h3-5,9,14H,1-2,6-8H2. The molecule has 1 saturated carbocycles. The van der Waals surface area contributed by atoms with Crippen LogP contribution in [0.1, 0.15) is 18.4 Å². The van der Waals surface area contributed by atoms with Gasteiger partial charge in [-0.2, -0.15) is 0 Å². The van der Waals surface area contributed by atoms with Gasteiger partial charge >= 0.3 is 0 Å². The summed E-state index contributed by atoms with van der Waals surface area (Å²) in [4.78, 5) is 10.1. The number of hydrogen-bond acceptors (Lipinski definition) is 5. The number of aliphatic hydroxyl groups excluding tert-OH is 1. The van der Waals surface area contributed by atoms with Crippen LogP contribution < -0.4 is 4.74 Å². The first-order chi connectivity index (χ1) is 8.70. The molecule has 6 nitrogen and oxygen atoms in total. The van der Waals surface area contributed by atoms with Crippen molar-refractivity contribution in [2.45, 2.75) is 19.4 Å². The molecular formula is C12H15NO5. The third-order valence-electron chi connectivity index (χ3n) is 2.77. The molecule has 0 unspecified atom stereocenters. The number of nitro benzene ring substituents is 1. The van der Waals surface area contributed by atoms with Gasteiger partial charge in [-0.05, 0) is 24.8 Å². The van der Waals surface area contributed by atoms with Gasteiger partial charge in [0.15, 0.2) is 6.79 Å². The summed E-state index contributed by atoms with van der Waals surface area (Å²) in [5.74, 6) is 1.07. The maximum atomic E-state index is 10.6. The van der Waals surface area contributed by atoms with Crippen LogP contribution in [0.15, 0.2) is 18.2 Å². The quantitative estimate of drug-likeness (QED) is 0.347. The van der Waals surface area contributed by atoms with Crippen molar-refractivity contribution in [3.05, 3.63) is 33.9 Å². The lowest BCUT2D eigenvalue weighted by atomic mass is 10.2. The van der Waals surface area contributed by atoms with E-state index in [-0.39, 0.29) is 19.1 Å². The van der Waals surface area contributed by atoms with E-state index >= 15 is 0 Å². The highest BCUT2D eigenvalue weighted by atomic mass is 16.7. The molecule has 0 aromatic heterocycles. The minimum Gasteiger partial charge on any atom is -0.467 e. The molecule has 98 valence electrons. The predicted molar refractivity (Wildman–Crippen MR) is 63.2 cm³/mol. The molecule has 1 fully saturated rings. The minimum atomic E-state index is -0.507. The molecule has 6 heteroatoms. The molecule has 1 aliphatic carbocycles. The number of nitro groups is 1. The van der Waals surface area contributed by atoms with Crippen LogP contribution in [0.4, 0.5) is 5.69 Å². The van der Waals surface area contributed by atoms with Crippen molar-refractivity contribution in [1.29, 1.82) is 0 Å². The SMILES string of the molecule is O=[N+]([O-])c1ccc(OCOCC2CC2)c(CO)c1. The maximum absolute atomic E-state index is 10.6. The van der Waals surface area contributed by atoms with E-state index in [1.165, 1.54) is 31.0 Å². The summed E-state index contributed by atoms with van der Waals surface area (Å²) < 4.78 is 10.6. The van der Waals surface area contributed by atoms with Gasteiger partial charge in [0, 0.05) is 17.7 Å². The fourth-order valence-electron chi connectivity index (χ4n) is 1.55. The second kappa shape index (κ2) is 5.79. The molecule has 1 N–H and O–H groups in total. The first-order valence-electron chi connectivity index (χ1n) is 5.79. The molecule has 1 aromatic rings. The van der Waals surface area contributed by atoms with Gasteiger partial charge in [0.25, 0.3) is 5.69 Å². The molecule has 0 bridgehead atoms. The number of non-ortho nitro benzene ring substituents is 1. The Morgan fingerprint density at radius 3 is 2.83 bits per heavy atom. The molecule has 0 heterocycles. The lowest BCUT2D eigenvalue weighted by Gasteiger charge is -2.10. The molecule has 1 aliphatic rings. The Bertz CT molecular complexity index is 430. The van der Waals surface area contributed by atoms with Gasteiger partial charge in [-0.25, -0.2) is 0 Å². The van der Waals surface area contributed by atoms with Crippen LogP contribution in [-0.2, 0) is 11.3 Å². The van der Waals surface area contributed by atoms with E-state index in [4.69, 9.17) is 14.6 Å². The Morgan fingerprint density at radius 2 is 2.22 bits per heavy atom. The first kappa shape index (κ1) is 12.8. The van der Waals surface area contributed by atoms with E-state index in [0.717, 1.165) is 0 Å². The highest BCUT2D eigenvalue weighted by Crippen LogP contribution is 2.29. The summed E-state index contributed by atoms with van der Waals surface area (Å²) in [6.45, 7) is 0.475. The lowest BCUT2D eigenvalue weighted by molar-refractivity contribution is -0.385. The summed E-state index contributed by atoms with van der Waals surface area (Å²) in [5, 5.41) is 19.7. The van der Waals surface area contributed by atoms with E-state index in [9.17, 15) is 10.1 Å². The van der Waals surface area contributed by atoms with Crippen LogP contribution in [0, 0.1) is 16.0 Å². The molecule has 18 heavy (non-hydrogen) atoms. The third kappa shape index (κ3) is 3.41. The average Bonchev–Trinajstić information content (AvgIpc) is 3.18. The number of aliphatic hydroxyl groups is 1. The zero-order chi connectivity index (χ0) is 13.0. The van der Waals surface area contributed by atoms with Crippen LogP contribution in [0.25, 0.3) is 0 Å². The summed E-state index contributed by atoms with van der Waals surface area (Å²) in [6, 6.07) is 4.12. The predicted octanol–water partition coefficient (Wildman–Crippen LogP) is 1.85. The van der Waals surface area contributed by atoms with Crippen LogP contribution in [0.3, 0.4) is 0 Å². The summed E-state index contributed by atoms with van der Waals surface area (Å²) in [6.07, 6.45) is 2.42. The zero-order valence-electron chi connectivity index (χ0n) is 9.87. The largest absolute Gasteiger partial charge is 0.467 e. The number of benzene rings is 1. The van der Waals surface area contributed by atoms with Crippen molar-refractivity contribution in [3.8, 4) is 5.75 Å². The van der Waals surface area contributed by atoms with Gasteiger partial charge in [-0.1, -0.05) is 0 Å². The number of nitrogens with zero attached hydrogens (tertiary/aromatic N) is 1. The molecule has 0 amide bonds. The molecule has 0 saturated heterocycles. The summed E-state index contributed by atoms with van der Waals surface area (Å²) >= 11 is 0. The Labute approximate surface area is 104 Å². The summed E-state index contributed by atoms with van der Waals surface area (Å²) in [5.41, 5.74) is 0.324. The molecule has 0 spiro atoms. The second-order valence-corrected chi connectivity index (χ2v) is 4.28. The smallest absolute Gasteiger partial charge is 0.270 e. The molecule has 1 aromatic carbocycles. The second-order valence-electron chi connectivity index (χ2n) is 4.28. The van der Waals surface area contributed by atoms with Crippen molar-refractivity contribution in [2.75, 3.05) is 13.4 Å².